The molecule has 14 heteroatoms. The highest BCUT2D eigenvalue weighted by atomic mass is 19.4. The number of nitrogens with zero attached hydrogens (tertiary/aromatic N) is 3. The Kier molecular flexibility index (Phi) is 10.4. The van der Waals surface area contributed by atoms with E-state index in [2.05, 4.69) is 4.90 Å². The van der Waals surface area contributed by atoms with Crippen molar-refractivity contribution in [3.63, 3.8) is 0 Å². The molecule has 2 aromatic carbocycles. The molecule has 0 unspecified atom stereocenters. The molecule has 0 saturated carbocycles. The Morgan fingerprint density at radius 3 is 1.54 bits per heavy atom. The van der Waals surface area contributed by atoms with Crippen molar-refractivity contribution in [2.24, 2.45) is 0 Å². The van der Waals surface area contributed by atoms with E-state index in [1.807, 2.05) is 4.90 Å². The summed E-state index contributed by atoms with van der Waals surface area (Å²) in [7, 11) is 0. The molecule has 39 heavy (non-hydrogen) atoms. The highest BCUT2D eigenvalue weighted by molar-refractivity contribution is 5.59. The molecule has 0 bridgehead atoms. The van der Waals surface area contributed by atoms with Crippen LogP contribution in [0.4, 0.5) is 37.7 Å². The average Bonchev–Trinajstić information content (AvgIpc) is 3.50. The first-order chi connectivity index (χ1) is 17.7. The maximum Gasteiger partial charge on any atom is 0.420 e. The van der Waals surface area contributed by atoms with Crippen LogP contribution >= 0.6 is 0 Å². The molecule has 4 N–H and O–H groups in total. The normalized spacial score (nSPS) is 16.5. The van der Waals surface area contributed by atoms with Crippen LogP contribution in [0.2, 0.25) is 0 Å². The molecule has 2 aliphatic rings. The van der Waals surface area contributed by atoms with Crippen molar-refractivity contribution in [3.8, 4) is 11.5 Å². The number of rotatable bonds is 5. The second kappa shape index (κ2) is 12.7. The van der Waals surface area contributed by atoms with Crippen molar-refractivity contribution in [3.05, 3.63) is 56.6 Å². The first-order valence-electron chi connectivity index (χ1n) is 11.9. The number of hydrogen-bond donors (Lipinski definition) is 3. The largest absolute Gasteiger partial charge is 0.505 e. The molecule has 2 saturated heterocycles. The molecule has 218 valence electrons. The van der Waals surface area contributed by atoms with E-state index in [-0.39, 0.29) is 25.2 Å². The molecule has 0 aliphatic carbocycles. The van der Waals surface area contributed by atoms with Crippen LogP contribution in [0.3, 0.4) is 0 Å². The van der Waals surface area contributed by atoms with Gasteiger partial charge in [0.15, 0.2) is 5.75 Å². The standard InChI is InChI=1S/C12H13F3N2O3.C12H15F3N2O.CH4/c13-12(14,15)9-5-8(7-16-3-1-2-4-16)6-10(11(9)18)17(19)20;13-12(14,15)9-5-8(6-10(16)11(9)18)7-17-3-1-2-4-17;/h5-6,18H,1-4,7H2;5-6,18H,1-4,7,16H2;1H4. The number of nitrogen functional groups attached to an aromatic ring is 1. The van der Waals surface area contributed by atoms with Crippen molar-refractivity contribution in [2.45, 2.75) is 58.6 Å². The van der Waals surface area contributed by atoms with E-state index >= 15 is 0 Å². The maximum absolute atomic E-state index is 12.8. The molecule has 4 rings (SSSR count). The minimum atomic E-state index is -4.82. The van der Waals surface area contributed by atoms with Crippen molar-refractivity contribution in [2.75, 3.05) is 31.9 Å². The van der Waals surface area contributed by atoms with Gasteiger partial charge in [-0.1, -0.05) is 7.43 Å². The summed E-state index contributed by atoms with van der Waals surface area (Å²) in [4.78, 5) is 13.8. The lowest BCUT2D eigenvalue weighted by molar-refractivity contribution is -0.386. The van der Waals surface area contributed by atoms with Crippen molar-refractivity contribution in [1.29, 1.82) is 0 Å². The molecule has 0 spiro atoms. The van der Waals surface area contributed by atoms with Crippen LogP contribution in [0, 0.1) is 10.1 Å². The number of alkyl halides is 6. The van der Waals surface area contributed by atoms with Crippen LogP contribution in [-0.4, -0.2) is 51.1 Å². The summed E-state index contributed by atoms with van der Waals surface area (Å²) in [6.07, 6.45) is -5.34. The van der Waals surface area contributed by atoms with E-state index < -0.39 is 45.6 Å². The zero-order valence-electron chi connectivity index (χ0n) is 20.3. The Labute approximate surface area is 221 Å². The van der Waals surface area contributed by atoms with Gasteiger partial charge in [-0.3, -0.25) is 19.9 Å². The molecule has 2 aliphatic heterocycles. The van der Waals surface area contributed by atoms with E-state index in [1.54, 1.807) is 0 Å². The van der Waals surface area contributed by atoms with Gasteiger partial charge in [0.1, 0.15) is 5.56 Å². The van der Waals surface area contributed by atoms with Crippen LogP contribution in [0.25, 0.3) is 0 Å². The molecular weight excluding hydrogens is 534 g/mol. The second-order valence-corrected chi connectivity index (χ2v) is 9.31. The Morgan fingerprint density at radius 2 is 1.15 bits per heavy atom. The fraction of sp³-hybridized carbons (Fsp3) is 0.520. The lowest BCUT2D eigenvalue weighted by Crippen LogP contribution is -2.19. The zero-order chi connectivity index (χ0) is 28.3. The van der Waals surface area contributed by atoms with Crippen LogP contribution < -0.4 is 5.73 Å². The van der Waals surface area contributed by atoms with E-state index in [9.17, 15) is 46.7 Å². The zero-order valence-corrected chi connectivity index (χ0v) is 20.3. The molecule has 2 heterocycles. The summed E-state index contributed by atoms with van der Waals surface area (Å²) in [6.45, 7) is 3.95. The number of likely N-dealkylation sites (tertiary alicyclic amines) is 2. The highest BCUT2D eigenvalue weighted by Crippen LogP contribution is 2.42. The lowest BCUT2D eigenvalue weighted by Gasteiger charge is -2.17. The van der Waals surface area contributed by atoms with Gasteiger partial charge in [0.2, 0.25) is 5.75 Å². The fourth-order valence-corrected chi connectivity index (χ4v) is 4.55. The molecule has 2 aromatic rings. The minimum Gasteiger partial charge on any atom is -0.505 e. The summed E-state index contributed by atoms with van der Waals surface area (Å²) in [5.41, 5.74) is 2.54. The SMILES string of the molecule is C.Nc1cc(CN2CCCC2)cc(C(F)(F)F)c1O.O=[N+]([O-])c1cc(CN2CCCC2)cc(C(F)(F)F)c1O. The molecule has 0 aromatic heterocycles. The summed E-state index contributed by atoms with van der Waals surface area (Å²) in [6, 6.07) is 4.16. The summed E-state index contributed by atoms with van der Waals surface area (Å²) in [5.74, 6) is -2.21. The van der Waals surface area contributed by atoms with Gasteiger partial charge in [-0.15, -0.1) is 0 Å². The van der Waals surface area contributed by atoms with Crippen LogP contribution in [0.1, 0.15) is 55.4 Å². The number of phenolic OH excluding ortho intramolecular Hbond substituents is 2. The van der Waals surface area contributed by atoms with Crippen molar-refractivity contribution < 1.29 is 41.5 Å². The van der Waals surface area contributed by atoms with Gasteiger partial charge in [0.05, 0.1) is 16.2 Å². The van der Waals surface area contributed by atoms with Gasteiger partial charge in [-0.25, -0.2) is 0 Å². The van der Waals surface area contributed by atoms with Crippen LogP contribution in [-0.2, 0) is 25.4 Å². The highest BCUT2D eigenvalue weighted by Gasteiger charge is 2.38. The number of benzene rings is 2. The quantitative estimate of drug-likeness (QED) is 0.131. The van der Waals surface area contributed by atoms with E-state index in [0.29, 0.717) is 12.1 Å². The smallest absolute Gasteiger partial charge is 0.420 e. The minimum absolute atomic E-state index is 0. The van der Waals surface area contributed by atoms with Gasteiger partial charge < -0.3 is 15.9 Å². The summed E-state index contributed by atoms with van der Waals surface area (Å²) < 4.78 is 76.4. The summed E-state index contributed by atoms with van der Waals surface area (Å²) in [5, 5.41) is 29.5. The molecule has 0 atom stereocenters. The van der Waals surface area contributed by atoms with Crippen LogP contribution in [0.15, 0.2) is 24.3 Å². The second-order valence-electron chi connectivity index (χ2n) is 9.31. The monoisotopic (exact) mass is 566 g/mol. The number of phenols is 2. The Bertz CT molecular complexity index is 1140. The van der Waals surface area contributed by atoms with E-state index in [4.69, 9.17) is 5.73 Å². The molecule has 8 nitrogen and oxygen atoms in total. The Balaban J connectivity index is 0.000000268. The Hall–Kier alpha value is -3.26. The molecule has 0 amide bonds. The molecular formula is C25H32F6N4O4. The predicted molar refractivity (Wildman–Crippen MR) is 133 cm³/mol. The molecule has 2 fully saturated rings. The fourth-order valence-electron chi connectivity index (χ4n) is 4.55. The lowest BCUT2D eigenvalue weighted by atomic mass is 10.1. The number of nitrogens with two attached hydrogens (primary N) is 1. The van der Waals surface area contributed by atoms with Gasteiger partial charge in [0.25, 0.3) is 0 Å². The third-order valence-electron chi connectivity index (χ3n) is 6.37. The van der Waals surface area contributed by atoms with Gasteiger partial charge in [-0.05, 0) is 81.2 Å². The third kappa shape index (κ3) is 8.36. The first-order valence-corrected chi connectivity index (χ1v) is 11.9. The van der Waals surface area contributed by atoms with Gasteiger partial charge in [-0.2, -0.15) is 26.3 Å². The van der Waals surface area contributed by atoms with E-state index in [0.717, 1.165) is 70.1 Å². The van der Waals surface area contributed by atoms with Crippen molar-refractivity contribution >= 4 is 11.4 Å². The number of anilines is 1. The number of aromatic hydroxyl groups is 2. The topological polar surface area (TPSA) is 116 Å². The first kappa shape index (κ1) is 32.0. The van der Waals surface area contributed by atoms with Crippen molar-refractivity contribution in [1.82, 2.24) is 9.80 Å². The molecule has 0 radical (unpaired) electrons. The maximum atomic E-state index is 12.8. The number of hydrogen-bond acceptors (Lipinski definition) is 7. The predicted octanol–water partition coefficient (Wildman–Crippen LogP) is 6.14. The average molecular weight is 567 g/mol. The van der Waals surface area contributed by atoms with Gasteiger partial charge in [0, 0.05) is 19.2 Å². The number of nitro benzene ring substituents is 1. The third-order valence-corrected chi connectivity index (χ3v) is 6.37. The van der Waals surface area contributed by atoms with E-state index in [1.165, 1.54) is 6.07 Å². The summed E-state index contributed by atoms with van der Waals surface area (Å²) >= 11 is 0. The number of nitro groups is 1. The Morgan fingerprint density at radius 1 is 0.769 bits per heavy atom. The number of halogens is 6. The van der Waals surface area contributed by atoms with Crippen LogP contribution in [0.5, 0.6) is 11.5 Å². The van der Waals surface area contributed by atoms with Gasteiger partial charge >= 0.3 is 18.0 Å².